The molecule has 17 heavy (non-hydrogen) atoms. The molecule has 0 amide bonds. The van der Waals surface area contributed by atoms with E-state index in [2.05, 4.69) is 11.1 Å². The number of hydrogen-bond acceptors (Lipinski definition) is 3. The fourth-order valence-corrected chi connectivity index (χ4v) is 2.43. The molecule has 0 aliphatic heterocycles. The van der Waals surface area contributed by atoms with Crippen LogP contribution in [0.2, 0.25) is 0 Å². The molecule has 0 radical (unpaired) electrons. The minimum absolute atomic E-state index is 0.720. The summed E-state index contributed by atoms with van der Waals surface area (Å²) in [7, 11) is 0. The molecule has 0 atom stereocenters. The zero-order valence-electron chi connectivity index (χ0n) is 9.59. The lowest BCUT2D eigenvalue weighted by Crippen LogP contribution is -1.85. The molecule has 3 heteroatoms. The van der Waals surface area contributed by atoms with Gasteiger partial charge in [-0.3, -0.25) is 9.78 Å². The van der Waals surface area contributed by atoms with Crippen LogP contribution in [0.5, 0.6) is 0 Å². The van der Waals surface area contributed by atoms with Gasteiger partial charge in [-0.25, -0.2) is 0 Å². The molecule has 1 heterocycles. The van der Waals surface area contributed by atoms with E-state index in [1.807, 2.05) is 43.6 Å². The van der Waals surface area contributed by atoms with Crippen LogP contribution in [0.25, 0.3) is 0 Å². The van der Waals surface area contributed by atoms with Crippen molar-refractivity contribution in [2.24, 2.45) is 0 Å². The zero-order valence-corrected chi connectivity index (χ0v) is 10.4. The number of thioether (sulfide) groups is 1. The summed E-state index contributed by atoms with van der Waals surface area (Å²) in [6, 6.07) is 9.76. The van der Waals surface area contributed by atoms with Crippen LogP contribution in [0.3, 0.4) is 0 Å². The van der Waals surface area contributed by atoms with Crippen molar-refractivity contribution in [1.29, 1.82) is 0 Å². The molecule has 0 aliphatic carbocycles. The van der Waals surface area contributed by atoms with E-state index in [1.165, 1.54) is 11.1 Å². The van der Waals surface area contributed by atoms with E-state index in [4.69, 9.17) is 0 Å². The highest BCUT2D eigenvalue weighted by molar-refractivity contribution is 7.98. The van der Waals surface area contributed by atoms with Gasteiger partial charge < -0.3 is 0 Å². The van der Waals surface area contributed by atoms with Crippen molar-refractivity contribution in [3.63, 3.8) is 0 Å². The van der Waals surface area contributed by atoms with Gasteiger partial charge >= 0.3 is 0 Å². The summed E-state index contributed by atoms with van der Waals surface area (Å²) >= 11 is 1.71. The molecule has 0 fully saturated rings. The number of aromatic nitrogens is 1. The van der Waals surface area contributed by atoms with Gasteiger partial charge in [0.05, 0.1) is 0 Å². The first-order valence-electron chi connectivity index (χ1n) is 5.36. The van der Waals surface area contributed by atoms with E-state index in [9.17, 15) is 4.79 Å². The first-order chi connectivity index (χ1) is 8.28. The molecule has 0 aliphatic rings. The molecule has 0 saturated carbocycles. The van der Waals surface area contributed by atoms with Crippen LogP contribution in [0.4, 0.5) is 0 Å². The van der Waals surface area contributed by atoms with E-state index in [0.29, 0.717) is 0 Å². The molecule has 2 aromatic rings. The van der Waals surface area contributed by atoms with Gasteiger partial charge in [-0.05, 0) is 30.2 Å². The SMILES string of the molecule is Cc1cncc(CSc2cccc(C=O)c2)c1. The summed E-state index contributed by atoms with van der Waals surface area (Å²) in [6.07, 6.45) is 4.60. The molecular weight excluding hydrogens is 230 g/mol. The van der Waals surface area contributed by atoms with Gasteiger partial charge in [-0.1, -0.05) is 18.2 Å². The minimum Gasteiger partial charge on any atom is -0.298 e. The Morgan fingerprint density at radius 2 is 2.18 bits per heavy atom. The number of benzene rings is 1. The van der Waals surface area contributed by atoms with Gasteiger partial charge in [0, 0.05) is 28.6 Å². The number of carbonyl (C=O) groups excluding carboxylic acids is 1. The van der Waals surface area contributed by atoms with Crippen LogP contribution in [-0.4, -0.2) is 11.3 Å². The Morgan fingerprint density at radius 1 is 1.29 bits per heavy atom. The second kappa shape index (κ2) is 5.64. The van der Waals surface area contributed by atoms with Crippen molar-refractivity contribution >= 4 is 18.0 Å². The van der Waals surface area contributed by atoms with E-state index in [0.717, 1.165) is 22.5 Å². The summed E-state index contributed by atoms with van der Waals surface area (Å²) < 4.78 is 0. The molecule has 0 unspecified atom stereocenters. The molecule has 1 aromatic carbocycles. The third kappa shape index (κ3) is 3.43. The first-order valence-corrected chi connectivity index (χ1v) is 6.35. The third-order valence-corrected chi connectivity index (χ3v) is 3.40. The molecule has 0 bridgehead atoms. The Hall–Kier alpha value is -1.61. The van der Waals surface area contributed by atoms with E-state index in [1.54, 1.807) is 11.8 Å². The molecule has 86 valence electrons. The highest BCUT2D eigenvalue weighted by atomic mass is 32.2. The molecular formula is C14H13NOS. The highest BCUT2D eigenvalue weighted by Gasteiger charge is 1.98. The number of rotatable bonds is 4. The van der Waals surface area contributed by atoms with Crippen molar-refractivity contribution in [2.45, 2.75) is 17.6 Å². The fraction of sp³-hybridized carbons (Fsp3) is 0.143. The smallest absolute Gasteiger partial charge is 0.150 e. The predicted octanol–water partition coefficient (Wildman–Crippen LogP) is 3.49. The van der Waals surface area contributed by atoms with Crippen LogP contribution in [0.15, 0.2) is 47.6 Å². The number of carbonyl (C=O) groups is 1. The number of aldehydes is 1. The van der Waals surface area contributed by atoms with E-state index in [-0.39, 0.29) is 0 Å². The van der Waals surface area contributed by atoms with Gasteiger partial charge in [-0.2, -0.15) is 0 Å². The number of hydrogen-bond donors (Lipinski definition) is 0. The monoisotopic (exact) mass is 243 g/mol. The maximum Gasteiger partial charge on any atom is 0.150 e. The largest absolute Gasteiger partial charge is 0.298 e. The van der Waals surface area contributed by atoms with Crippen LogP contribution in [-0.2, 0) is 5.75 Å². The van der Waals surface area contributed by atoms with E-state index < -0.39 is 0 Å². The fourth-order valence-electron chi connectivity index (χ4n) is 1.54. The van der Waals surface area contributed by atoms with Gasteiger partial charge in [0.1, 0.15) is 6.29 Å². The highest BCUT2D eigenvalue weighted by Crippen LogP contribution is 2.23. The van der Waals surface area contributed by atoms with Crippen molar-refractivity contribution < 1.29 is 4.79 Å². The lowest BCUT2D eigenvalue weighted by atomic mass is 10.2. The second-order valence-corrected chi connectivity index (χ2v) is 4.90. The van der Waals surface area contributed by atoms with Gasteiger partial charge in [-0.15, -0.1) is 11.8 Å². The molecule has 0 N–H and O–H groups in total. The van der Waals surface area contributed by atoms with Crippen molar-refractivity contribution in [3.8, 4) is 0 Å². The summed E-state index contributed by atoms with van der Waals surface area (Å²) in [5, 5.41) is 0. The summed E-state index contributed by atoms with van der Waals surface area (Å²) in [5.74, 6) is 0.872. The van der Waals surface area contributed by atoms with Gasteiger partial charge in [0.15, 0.2) is 0 Å². The first kappa shape index (κ1) is 11.9. The summed E-state index contributed by atoms with van der Waals surface area (Å²) in [6.45, 7) is 2.04. The topological polar surface area (TPSA) is 30.0 Å². The predicted molar refractivity (Wildman–Crippen MR) is 70.4 cm³/mol. The number of pyridine rings is 1. The molecule has 0 spiro atoms. The van der Waals surface area contributed by atoms with Crippen LogP contribution < -0.4 is 0 Å². The van der Waals surface area contributed by atoms with Crippen molar-refractivity contribution in [2.75, 3.05) is 0 Å². The Bertz CT molecular complexity index is 525. The normalized spacial score (nSPS) is 10.2. The lowest BCUT2D eigenvalue weighted by Gasteiger charge is -2.03. The third-order valence-electron chi connectivity index (χ3n) is 2.33. The Kier molecular flexibility index (Phi) is 3.94. The van der Waals surface area contributed by atoms with Crippen LogP contribution in [0, 0.1) is 6.92 Å². The van der Waals surface area contributed by atoms with E-state index >= 15 is 0 Å². The summed E-state index contributed by atoms with van der Waals surface area (Å²) in [5.41, 5.74) is 3.09. The molecule has 1 aromatic heterocycles. The Labute approximate surface area is 105 Å². The molecule has 2 rings (SSSR count). The molecule has 2 nitrogen and oxygen atoms in total. The zero-order chi connectivity index (χ0) is 12.1. The quantitative estimate of drug-likeness (QED) is 0.608. The van der Waals surface area contributed by atoms with Crippen LogP contribution >= 0.6 is 11.8 Å². The summed E-state index contributed by atoms with van der Waals surface area (Å²) in [4.78, 5) is 15.9. The second-order valence-electron chi connectivity index (χ2n) is 3.85. The standard InChI is InChI=1S/C14H13NOS/c1-11-5-13(8-15-7-11)10-17-14-4-2-3-12(6-14)9-16/h2-9H,10H2,1H3. The Balaban J connectivity index is 2.04. The lowest BCUT2D eigenvalue weighted by molar-refractivity contribution is 0.112. The minimum atomic E-state index is 0.720. The number of aryl methyl sites for hydroxylation is 1. The average Bonchev–Trinajstić information content (AvgIpc) is 2.37. The maximum atomic E-state index is 10.7. The van der Waals surface area contributed by atoms with Gasteiger partial charge in [0.2, 0.25) is 0 Å². The average molecular weight is 243 g/mol. The van der Waals surface area contributed by atoms with Crippen LogP contribution in [0.1, 0.15) is 21.5 Å². The van der Waals surface area contributed by atoms with Gasteiger partial charge in [0.25, 0.3) is 0 Å². The Morgan fingerprint density at radius 3 is 2.94 bits per heavy atom. The molecule has 0 saturated heterocycles. The number of nitrogens with zero attached hydrogens (tertiary/aromatic N) is 1. The van der Waals surface area contributed by atoms with Crippen molar-refractivity contribution in [3.05, 3.63) is 59.4 Å². The van der Waals surface area contributed by atoms with Crippen molar-refractivity contribution in [1.82, 2.24) is 4.98 Å². The maximum absolute atomic E-state index is 10.7.